The maximum atomic E-state index is 14.6. The van der Waals surface area contributed by atoms with Crippen LogP contribution in [0.5, 0.6) is 0 Å². The van der Waals surface area contributed by atoms with Crippen LogP contribution >= 0.6 is 11.6 Å². The minimum atomic E-state index is -2.93. The minimum Gasteiger partial charge on any atom is -0.337 e. The number of anilines is 1. The van der Waals surface area contributed by atoms with Crippen molar-refractivity contribution in [3.63, 3.8) is 0 Å². The Bertz CT molecular complexity index is 1120. The number of carbonyl (C=O) groups is 3. The molecule has 3 amide bonds. The van der Waals surface area contributed by atoms with Crippen LogP contribution in [0, 0.1) is 5.82 Å². The summed E-state index contributed by atoms with van der Waals surface area (Å²) in [5.74, 6) is -3.03. The van der Waals surface area contributed by atoms with E-state index in [2.05, 4.69) is 4.98 Å². The van der Waals surface area contributed by atoms with E-state index in [1.807, 2.05) is 0 Å². The van der Waals surface area contributed by atoms with E-state index >= 15 is 0 Å². The number of halogens is 4. The molecule has 1 atom stereocenters. The van der Waals surface area contributed by atoms with E-state index in [9.17, 15) is 27.6 Å². The Kier molecular flexibility index (Phi) is 5.81. The quantitative estimate of drug-likeness (QED) is 0.672. The molecule has 0 unspecified atom stereocenters. The molecule has 0 saturated carbocycles. The summed E-state index contributed by atoms with van der Waals surface area (Å²) >= 11 is 5.96. The fourth-order valence-corrected chi connectivity index (χ4v) is 4.51. The van der Waals surface area contributed by atoms with Gasteiger partial charge >= 0.3 is 0 Å². The van der Waals surface area contributed by atoms with Crippen molar-refractivity contribution in [1.82, 2.24) is 14.8 Å². The molecule has 2 fully saturated rings. The summed E-state index contributed by atoms with van der Waals surface area (Å²) in [5.41, 5.74) is -1.35. The van der Waals surface area contributed by atoms with Crippen LogP contribution in [0.15, 0.2) is 36.5 Å². The average molecular weight is 481 g/mol. The number of nitrogens with zero attached hydrogens (tertiary/aromatic N) is 4. The van der Waals surface area contributed by atoms with E-state index < -0.39 is 53.6 Å². The van der Waals surface area contributed by atoms with E-state index in [4.69, 9.17) is 11.6 Å². The largest absolute Gasteiger partial charge is 0.337 e. The molecule has 2 aliphatic rings. The van der Waals surface area contributed by atoms with Gasteiger partial charge in [-0.25, -0.2) is 18.2 Å². The van der Waals surface area contributed by atoms with Crippen LogP contribution < -0.4 is 4.90 Å². The molecule has 1 aromatic heterocycles. The lowest BCUT2D eigenvalue weighted by molar-refractivity contribution is -0.172. The van der Waals surface area contributed by atoms with Gasteiger partial charge in [0.2, 0.25) is 11.8 Å². The second-order valence-electron chi connectivity index (χ2n) is 8.16. The van der Waals surface area contributed by atoms with Gasteiger partial charge in [-0.05, 0) is 30.7 Å². The fourth-order valence-electron chi connectivity index (χ4n) is 4.38. The Balaban J connectivity index is 1.73. The first-order valence-electron chi connectivity index (χ1n) is 10.1. The fraction of sp³-hybridized carbons (Fsp3) is 0.364. The number of carbonyl (C=O) groups excluding carboxylic acids is 3. The molecule has 11 heteroatoms. The molecule has 0 N–H and O–H groups in total. The number of hydrogen-bond acceptors (Lipinski definition) is 4. The standard InChI is InChI=1S/C22H20ClF3N4O3/c1-12(14-3-5-16(23)6-4-14)30-18(32)9-29(20-17(24)7-15(8-27-20)19(25)26)21(33)22(30)10-28(11-22)13(2)31/h3-8,12,19H,9-11H2,1-2H3/t12-/m0/s1. The van der Waals surface area contributed by atoms with Crippen LogP contribution in [-0.4, -0.2) is 57.7 Å². The number of pyridine rings is 1. The molecule has 2 saturated heterocycles. The van der Waals surface area contributed by atoms with E-state index in [1.165, 1.54) is 16.7 Å². The van der Waals surface area contributed by atoms with Crippen molar-refractivity contribution < 1.29 is 27.6 Å². The van der Waals surface area contributed by atoms with E-state index in [0.29, 0.717) is 11.1 Å². The lowest BCUT2D eigenvalue weighted by Crippen LogP contribution is -2.81. The van der Waals surface area contributed by atoms with Gasteiger partial charge in [0.15, 0.2) is 17.2 Å². The number of piperazine rings is 1. The van der Waals surface area contributed by atoms with Gasteiger partial charge in [-0.3, -0.25) is 19.3 Å². The zero-order chi connectivity index (χ0) is 24.1. The van der Waals surface area contributed by atoms with Crippen molar-refractivity contribution in [3.05, 3.63) is 58.5 Å². The Hall–Kier alpha value is -3.14. The van der Waals surface area contributed by atoms with Crippen molar-refractivity contribution in [2.75, 3.05) is 24.5 Å². The highest BCUT2D eigenvalue weighted by atomic mass is 35.5. The molecule has 3 heterocycles. The molecule has 1 spiro atoms. The number of hydrogen-bond donors (Lipinski definition) is 0. The topological polar surface area (TPSA) is 73.8 Å². The minimum absolute atomic E-state index is 0.0714. The summed E-state index contributed by atoms with van der Waals surface area (Å²) in [6.07, 6.45) is -2.16. The molecule has 2 aliphatic heterocycles. The maximum Gasteiger partial charge on any atom is 0.265 e. The van der Waals surface area contributed by atoms with Gasteiger partial charge in [-0.15, -0.1) is 0 Å². The number of alkyl halides is 2. The predicted octanol–water partition coefficient (Wildman–Crippen LogP) is 3.35. The molecule has 0 bridgehead atoms. The number of amides is 3. The zero-order valence-electron chi connectivity index (χ0n) is 17.8. The second-order valence-corrected chi connectivity index (χ2v) is 8.60. The van der Waals surface area contributed by atoms with Crippen LogP contribution in [0.25, 0.3) is 0 Å². The van der Waals surface area contributed by atoms with Crippen molar-refractivity contribution in [3.8, 4) is 0 Å². The van der Waals surface area contributed by atoms with Gasteiger partial charge in [-0.2, -0.15) is 0 Å². The van der Waals surface area contributed by atoms with Gasteiger partial charge in [0.1, 0.15) is 6.54 Å². The molecule has 0 radical (unpaired) electrons. The molecule has 4 rings (SSSR count). The molecule has 33 heavy (non-hydrogen) atoms. The number of rotatable bonds is 4. The van der Waals surface area contributed by atoms with Gasteiger partial charge in [-0.1, -0.05) is 23.7 Å². The van der Waals surface area contributed by atoms with Crippen molar-refractivity contribution in [2.45, 2.75) is 31.9 Å². The molecular formula is C22H20ClF3N4O3. The maximum absolute atomic E-state index is 14.6. The highest BCUT2D eigenvalue weighted by Crippen LogP contribution is 2.41. The molecule has 0 aliphatic carbocycles. The Morgan fingerprint density at radius 2 is 1.79 bits per heavy atom. The van der Waals surface area contributed by atoms with Crippen LogP contribution in [0.1, 0.15) is 37.4 Å². The second kappa shape index (κ2) is 8.33. The summed E-state index contributed by atoms with van der Waals surface area (Å²) in [6, 6.07) is 6.84. The Labute approximate surface area is 192 Å². The first kappa shape index (κ1) is 23.0. The van der Waals surface area contributed by atoms with Crippen molar-refractivity contribution in [1.29, 1.82) is 0 Å². The van der Waals surface area contributed by atoms with Crippen LogP contribution in [-0.2, 0) is 14.4 Å². The Morgan fingerprint density at radius 1 is 1.15 bits per heavy atom. The Morgan fingerprint density at radius 3 is 2.33 bits per heavy atom. The summed E-state index contributed by atoms with van der Waals surface area (Å²) < 4.78 is 40.4. The normalized spacial score (nSPS) is 18.7. The van der Waals surface area contributed by atoms with Gasteiger partial charge in [0.05, 0.1) is 19.1 Å². The van der Waals surface area contributed by atoms with Crippen LogP contribution in [0.2, 0.25) is 5.02 Å². The van der Waals surface area contributed by atoms with Gasteiger partial charge < -0.3 is 9.80 Å². The van der Waals surface area contributed by atoms with Crippen LogP contribution in [0.4, 0.5) is 19.0 Å². The van der Waals surface area contributed by atoms with Crippen LogP contribution in [0.3, 0.4) is 0 Å². The number of aromatic nitrogens is 1. The summed E-state index contributed by atoms with van der Waals surface area (Å²) in [7, 11) is 0. The predicted molar refractivity (Wildman–Crippen MR) is 113 cm³/mol. The average Bonchev–Trinajstić information content (AvgIpc) is 2.73. The molecule has 7 nitrogen and oxygen atoms in total. The van der Waals surface area contributed by atoms with E-state index in [-0.39, 0.29) is 19.0 Å². The monoisotopic (exact) mass is 480 g/mol. The first-order chi connectivity index (χ1) is 15.5. The molecule has 2 aromatic rings. The third-order valence-corrected chi connectivity index (χ3v) is 6.36. The molecule has 1 aromatic carbocycles. The highest BCUT2D eigenvalue weighted by Gasteiger charge is 2.62. The lowest BCUT2D eigenvalue weighted by Gasteiger charge is -2.59. The van der Waals surface area contributed by atoms with E-state index in [1.54, 1.807) is 31.2 Å². The summed E-state index contributed by atoms with van der Waals surface area (Å²) in [6.45, 7) is 2.43. The third-order valence-electron chi connectivity index (χ3n) is 6.11. The van der Waals surface area contributed by atoms with E-state index in [0.717, 1.165) is 16.7 Å². The summed E-state index contributed by atoms with van der Waals surface area (Å²) in [5, 5.41) is 0.507. The zero-order valence-corrected chi connectivity index (χ0v) is 18.5. The smallest absolute Gasteiger partial charge is 0.265 e. The van der Waals surface area contributed by atoms with Crippen molar-refractivity contribution >= 4 is 35.1 Å². The molecule has 174 valence electrons. The SMILES string of the molecule is CC(=O)N1CC2(C1)C(=O)N(c1ncc(C(F)F)cc1F)CC(=O)N2[C@@H](C)c1ccc(Cl)cc1. The third kappa shape index (κ3) is 3.82. The first-order valence-corrected chi connectivity index (χ1v) is 10.5. The van der Waals surface area contributed by atoms with Gasteiger partial charge in [0.25, 0.3) is 12.3 Å². The number of likely N-dealkylation sites (tertiary alicyclic amines) is 1. The number of benzene rings is 1. The highest BCUT2D eigenvalue weighted by molar-refractivity contribution is 6.30. The lowest BCUT2D eigenvalue weighted by atomic mass is 9.81. The van der Waals surface area contributed by atoms with Crippen molar-refractivity contribution in [2.24, 2.45) is 0 Å². The summed E-state index contributed by atoms with van der Waals surface area (Å²) in [4.78, 5) is 46.2. The molecular weight excluding hydrogens is 461 g/mol. The van der Waals surface area contributed by atoms with Gasteiger partial charge in [0, 0.05) is 23.7 Å².